The molecule has 28 heavy (non-hydrogen) atoms. The van der Waals surface area contributed by atoms with Crippen molar-refractivity contribution in [2.45, 2.75) is 43.6 Å². The molecule has 1 aromatic carbocycles. The van der Waals surface area contributed by atoms with Gasteiger partial charge in [-0.05, 0) is 45.8 Å². The van der Waals surface area contributed by atoms with E-state index in [9.17, 15) is 9.18 Å². The van der Waals surface area contributed by atoms with Gasteiger partial charge >= 0.3 is 0 Å². The molecule has 0 radical (unpaired) electrons. The molecule has 2 fully saturated rings. The van der Waals surface area contributed by atoms with E-state index in [0.717, 1.165) is 51.1 Å². The quantitative estimate of drug-likeness (QED) is 0.769. The number of likely N-dealkylation sites (N-methyl/N-ethyl adjacent to an activating group) is 1. The van der Waals surface area contributed by atoms with E-state index in [1.807, 2.05) is 23.4 Å². The molecule has 0 bridgehead atoms. The zero-order valence-corrected chi connectivity index (χ0v) is 16.8. The maximum atomic E-state index is 14.4. The van der Waals surface area contributed by atoms with Gasteiger partial charge in [0.15, 0.2) is 0 Å². The molecule has 1 aliphatic heterocycles. The van der Waals surface area contributed by atoms with Crippen LogP contribution in [-0.2, 0) is 16.8 Å². The van der Waals surface area contributed by atoms with Crippen LogP contribution in [0.15, 0.2) is 36.7 Å². The fourth-order valence-corrected chi connectivity index (χ4v) is 4.43. The van der Waals surface area contributed by atoms with Crippen LogP contribution in [0, 0.1) is 5.82 Å². The Hall–Kier alpha value is -2.21. The summed E-state index contributed by atoms with van der Waals surface area (Å²) in [4.78, 5) is 22.1. The van der Waals surface area contributed by atoms with Crippen molar-refractivity contribution in [3.63, 3.8) is 0 Å². The lowest BCUT2D eigenvalue weighted by atomic mass is 9.90. The Morgan fingerprint density at radius 3 is 2.82 bits per heavy atom. The van der Waals surface area contributed by atoms with Crippen LogP contribution in [-0.4, -0.2) is 59.0 Å². The third-order valence-corrected chi connectivity index (χ3v) is 6.16. The van der Waals surface area contributed by atoms with Crippen LogP contribution < -0.4 is 0 Å². The predicted molar refractivity (Wildman–Crippen MR) is 107 cm³/mol. The molecule has 150 valence electrons. The van der Waals surface area contributed by atoms with E-state index in [4.69, 9.17) is 0 Å². The van der Waals surface area contributed by atoms with Crippen LogP contribution in [0.5, 0.6) is 0 Å². The molecule has 1 aromatic heterocycles. The second-order valence-electron chi connectivity index (χ2n) is 8.43. The van der Waals surface area contributed by atoms with Crippen LogP contribution in [0.25, 0.3) is 0 Å². The Balaban J connectivity index is 1.50. The van der Waals surface area contributed by atoms with Gasteiger partial charge in [-0.2, -0.15) is 0 Å². The van der Waals surface area contributed by atoms with Gasteiger partial charge in [-0.3, -0.25) is 4.79 Å². The van der Waals surface area contributed by atoms with E-state index < -0.39 is 5.41 Å². The summed E-state index contributed by atoms with van der Waals surface area (Å²) in [5.74, 6) is 1.14. The summed E-state index contributed by atoms with van der Waals surface area (Å²) in [6.07, 6.45) is 7.37. The highest BCUT2D eigenvalue weighted by Crippen LogP contribution is 2.51. The van der Waals surface area contributed by atoms with Crippen molar-refractivity contribution in [2.75, 3.05) is 33.7 Å². The summed E-state index contributed by atoms with van der Waals surface area (Å²) >= 11 is 0. The summed E-state index contributed by atoms with van der Waals surface area (Å²) in [5, 5.41) is 0. The lowest BCUT2D eigenvalue weighted by Crippen LogP contribution is -2.45. The summed E-state index contributed by atoms with van der Waals surface area (Å²) in [6, 6.07) is 6.75. The molecule has 2 heterocycles. The van der Waals surface area contributed by atoms with Gasteiger partial charge in [0.25, 0.3) is 0 Å². The van der Waals surface area contributed by atoms with Crippen molar-refractivity contribution in [1.82, 2.24) is 19.4 Å². The Bertz CT molecular complexity index is 843. The smallest absolute Gasteiger partial charge is 0.233 e. The van der Waals surface area contributed by atoms with E-state index in [1.165, 1.54) is 6.07 Å². The summed E-state index contributed by atoms with van der Waals surface area (Å²) < 4.78 is 16.6. The standard InChI is InChI=1S/C22H29FN4O/c1-25(2)14-15-26-13-11-24-20(26)17-6-5-12-27(16-17)21(28)22(9-10-22)18-7-3-4-8-19(18)23/h3-4,7-8,11,13,17H,5-6,9-10,12,14-16H2,1-2H3/t17-/m0/s1. The first-order valence-electron chi connectivity index (χ1n) is 10.2. The fraction of sp³-hybridized carbons (Fsp3) is 0.545. The molecule has 1 amide bonds. The molecular formula is C22H29FN4O. The first-order chi connectivity index (χ1) is 13.5. The van der Waals surface area contributed by atoms with Crippen LogP contribution in [0.4, 0.5) is 4.39 Å². The van der Waals surface area contributed by atoms with E-state index in [-0.39, 0.29) is 17.6 Å². The van der Waals surface area contributed by atoms with Gasteiger partial charge in [-0.15, -0.1) is 0 Å². The van der Waals surface area contributed by atoms with Gasteiger partial charge in [0, 0.05) is 50.1 Å². The monoisotopic (exact) mass is 384 g/mol. The second kappa shape index (κ2) is 7.66. The van der Waals surface area contributed by atoms with Crippen molar-refractivity contribution in [3.8, 4) is 0 Å². The average Bonchev–Trinajstić information content (AvgIpc) is 3.36. The molecule has 4 rings (SSSR count). The average molecular weight is 384 g/mol. The number of imidazole rings is 1. The van der Waals surface area contributed by atoms with Crippen LogP contribution in [0.1, 0.15) is 43.0 Å². The van der Waals surface area contributed by atoms with Gasteiger partial charge in [-0.1, -0.05) is 18.2 Å². The van der Waals surface area contributed by atoms with E-state index in [2.05, 4.69) is 28.5 Å². The Morgan fingerprint density at radius 2 is 2.11 bits per heavy atom. The molecule has 5 nitrogen and oxygen atoms in total. The van der Waals surface area contributed by atoms with Gasteiger partial charge in [0.1, 0.15) is 11.6 Å². The third kappa shape index (κ3) is 3.58. The summed E-state index contributed by atoms with van der Waals surface area (Å²) in [7, 11) is 4.13. The summed E-state index contributed by atoms with van der Waals surface area (Å²) in [5.41, 5.74) is -0.0808. The molecule has 0 unspecified atom stereocenters. The van der Waals surface area contributed by atoms with Crippen molar-refractivity contribution in [1.29, 1.82) is 0 Å². The maximum Gasteiger partial charge on any atom is 0.233 e. The molecular weight excluding hydrogens is 355 g/mol. The lowest BCUT2D eigenvalue weighted by molar-refractivity contribution is -0.135. The van der Waals surface area contributed by atoms with Gasteiger partial charge in [0.2, 0.25) is 5.91 Å². The number of aromatic nitrogens is 2. The topological polar surface area (TPSA) is 41.4 Å². The SMILES string of the molecule is CN(C)CCn1ccnc1[C@H]1CCCN(C(=O)C2(c3ccccc3F)CC2)C1. The van der Waals surface area contributed by atoms with Crippen molar-refractivity contribution in [2.24, 2.45) is 0 Å². The minimum absolute atomic E-state index is 0.0914. The first kappa shape index (κ1) is 19.1. The molecule has 1 saturated heterocycles. The van der Waals surface area contributed by atoms with Crippen molar-refractivity contribution >= 4 is 5.91 Å². The molecule has 1 saturated carbocycles. The largest absolute Gasteiger partial charge is 0.341 e. The van der Waals surface area contributed by atoms with Crippen LogP contribution in [0.2, 0.25) is 0 Å². The number of nitrogens with zero attached hydrogens (tertiary/aromatic N) is 4. The zero-order chi connectivity index (χ0) is 19.7. The van der Waals surface area contributed by atoms with Crippen LogP contribution in [0.3, 0.4) is 0 Å². The number of amides is 1. The molecule has 6 heteroatoms. The predicted octanol–water partition coefficient (Wildman–Crippen LogP) is 3.02. The minimum Gasteiger partial charge on any atom is -0.341 e. The minimum atomic E-state index is -0.645. The van der Waals surface area contributed by atoms with Crippen molar-refractivity contribution < 1.29 is 9.18 Å². The molecule has 0 N–H and O–H groups in total. The Morgan fingerprint density at radius 1 is 1.32 bits per heavy atom. The summed E-state index contributed by atoms with van der Waals surface area (Å²) in [6.45, 7) is 3.28. The number of carbonyl (C=O) groups is 1. The molecule has 0 spiro atoms. The second-order valence-corrected chi connectivity index (χ2v) is 8.43. The Labute approximate surface area is 166 Å². The molecule has 1 atom stereocenters. The van der Waals surface area contributed by atoms with Gasteiger partial charge in [-0.25, -0.2) is 9.37 Å². The number of hydrogen-bond donors (Lipinski definition) is 0. The normalized spacial score (nSPS) is 21.1. The first-order valence-corrected chi connectivity index (χ1v) is 10.2. The van der Waals surface area contributed by atoms with Gasteiger partial charge in [0.05, 0.1) is 5.41 Å². The number of likely N-dealkylation sites (tertiary alicyclic amines) is 1. The Kier molecular flexibility index (Phi) is 5.23. The molecule has 1 aliphatic carbocycles. The number of rotatable bonds is 6. The number of piperidine rings is 1. The van der Waals surface area contributed by atoms with E-state index >= 15 is 0 Å². The highest BCUT2D eigenvalue weighted by molar-refractivity contribution is 5.91. The van der Waals surface area contributed by atoms with Crippen molar-refractivity contribution in [3.05, 3.63) is 53.9 Å². The third-order valence-electron chi connectivity index (χ3n) is 6.16. The van der Waals surface area contributed by atoms with E-state index in [0.29, 0.717) is 12.1 Å². The molecule has 2 aromatic rings. The van der Waals surface area contributed by atoms with Gasteiger partial charge < -0.3 is 14.4 Å². The zero-order valence-electron chi connectivity index (χ0n) is 16.8. The lowest BCUT2D eigenvalue weighted by Gasteiger charge is -2.35. The number of halogens is 1. The maximum absolute atomic E-state index is 14.4. The number of hydrogen-bond acceptors (Lipinski definition) is 3. The van der Waals surface area contributed by atoms with Crippen LogP contribution >= 0.6 is 0 Å². The number of benzene rings is 1. The fourth-order valence-electron chi connectivity index (χ4n) is 4.43. The van der Waals surface area contributed by atoms with E-state index in [1.54, 1.807) is 12.1 Å². The molecule has 2 aliphatic rings. The highest BCUT2D eigenvalue weighted by atomic mass is 19.1. The highest BCUT2D eigenvalue weighted by Gasteiger charge is 2.54. The number of carbonyl (C=O) groups excluding carboxylic acids is 1.